The Balaban J connectivity index is 1.36. The molecule has 0 bridgehead atoms. The van der Waals surface area contributed by atoms with Gasteiger partial charge in [-0.3, -0.25) is 4.79 Å². The van der Waals surface area contributed by atoms with Gasteiger partial charge in [0.1, 0.15) is 17.4 Å². The molecule has 7 heteroatoms. The number of aryl methyl sites for hydroxylation is 1. The maximum Gasteiger partial charge on any atom is 0.230 e. The van der Waals surface area contributed by atoms with Crippen molar-refractivity contribution < 1.29 is 9.53 Å². The first-order valence-electron chi connectivity index (χ1n) is 10.0. The summed E-state index contributed by atoms with van der Waals surface area (Å²) in [5, 5.41) is 6.38. The fraction of sp³-hybridized carbons (Fsp3) is 0.304. The number of hydrogen-bond acceptors (Lipinski definition) is 5. The van der Waals surface area contributed by atoms with E-state index in [1.54, 1.807) is 0 Å². The number of ether oxygens (including phenoxy) is 1. The number of hydrogen-bond donors (Lipinski definition) is 1. The van der Waals surface area contributed by atoms with Crippen LogP contribution in [-0.2, 0) is 17.8 Å². The van der Waals surface area contributed by atoms with E-state index in [4.69, 9.17) is 16.3 Å². The number of amides is 1. The SMILES string of the molecule is Cc1ccc(OCc2nc(CC(=O)Nc3cc(Cl)ccc3N3CCCC3)cs2)cc1. The smallest absolute Gasteiger partial charge is 0.230 e. The highest BCUT2D eigenvalue weighted by molar-refractivity contribution is 7.09. The minimum absolute atomic E-state index is 0.103. The summed E-state index contributed by atoms with van der Waals surface area (Å²) in [6.45, 7) is 4.43. The van der Waals surface area contributed by atoms with Crippen LogP contribution >= 0.6 is 22.9 Å². The first-order chi connectivity index (χ1) is 14.6. The second kappa shape index (κ2) is 9.49. The lowest BCUT2D eigenvalue weighted by molar-refractivity contribution is -0.115. The van der Waals surface area contributed by atoms with Crippen molar-refractivity contribution in [2.45, 2.75) is 32.8 Å². The number of benzene rings is 2. The van der Waals surface area contributed by atoms with E-state index in [-0.39, 0.29) is 12.3 Å². The van der Waals surface area contributed by atoms with Crippen molar-refractivity contribution in [2.24, 2.45) is 0 Å². The Morgan fingerprint density at radius 2 is 1.97 bits per heavy atom. The minimum atomic E-state index is -0.103. The van der Waals surface area contributed by atoms with E-state index in [1.165, 1.54) is 29.7 Å². The molecule has 0 unspecified atom stereocenters. The predicted octanol–water partition coefficient (Wildman–Crippen LogP) is 5.47. The molecular formula is C23H24ClN3O2S. The van der Waals surface area contributed by atoms with Crippen molar-refractivity contribution in [1.29, 1.82) is 0 Å². The van der Waals surface area contributed by atoms with Crippen LogP contribution in [-0.4, -0.2) is 24.0 Å². The van der Waals surface area contributed by atoms with Crippen molar-refractivity contribution in [3.63, 3.8) is 0 Å². The van der Waals surface area contributed by atoms with Gasteiger partial charge in [0.05, 0.1) is 23.5 Å². The van der Waals surface area contributed by atoms with Crippen molar-refractivity contribution in [1.82, 2.24) is 4.98 Å². The summed E-state index contributed by atoms with van der Waals surface area (Å²) in [6, 6.07) is 13.6. The molecule has 1 aliphatic heterocycles. The number of carbonyl (C=O) groups excluding carboxylic acids is 1. The number of nitrogens with one attached hydrogen (secondary N) is 1. The number of carbonyl (C=O) groups is 1. The molecule has 0 radical (unpaired) electrons. The zero-order valence-electron chi connectivity index (χ0n) is 16.9. The van der Waals surface area contributed by atoms with E-state index in [0.717, 1.165) is 40.9 Å². The van der Waals surface area contributed by atoms with Crippen molar-refractivity contribution >= 4 is 40.2 Å². The van der Waals surface area contributed by atoms with Crippen LogP contribution < -0.4 is 15.0 Å². The Bertz CT molecular complexity index is 1010. The third-order valence-corrected chi connectivity index (χ3v) is 6.11. The Morgan fingerprint density at radius 3 is 2.73 bits per heavy atom. The van der Waals surface area contributed by atoms with Crippen LogP contribution in [0.2, 0.25) is 5.02 Å². The highest BCUT2D eigenvalue weighted by atomic mass is 35.5. The van der Waals surface area contributed by atoms with Gasteiger partial charge in [0.2, 0.25) is 5.91 Å². The van der Waals surface area contributed by atoms with Gasteiger partial charge in [0.15, 0.2) is 0 Å². The lowest BCUT2D eigenvalue weighted by atomic mass is 10.2. The molecule has 4 rings (SSSR count). The molecule has 3 aromatic rings. The standard InChI is InChI=1S/C23H24ClN3O2S/c1-16-4-7-19(8-5-16)29-14-23-25-18(15-30-23)13-22(28)26-20-12-17(24)6-9-21(20)27-10-2-3-11-27/h4-9,12,15H,2-3,10-11,13-14H2,1H3,(H,26,28). The highest BCUT2D eigenvalue weighted by Crippen LogP contribution is 2.31. The predicted molar refractivity (Wildman–Crippen MR) is 123 cm³/mol. The maximum absolute atomic E-state index is 12.6. The first kappa shape index (κ1) is 20.7. The molecule has 1 aliphatic rings. The normalized spacial score (nSPS) is 13.5. The second-order valence-electron chi connectivity index (χ2n) is 7.41. The monoisotopic (exact) mass is 441 g/mol. The van der Waals surface area contributed by atoms with Gasteiger partial charge in [0.25, 0.3) is 0 Å². The zero-order chi connectivity index (χ0) is 20.9. The summed E-state index contributed by atoms with van der Waals surface area (Å²) in [7, 11) is 0. The lowest BCUT2D eigenvalue weighted by Crippen LogP contribution is -2.22. The van der Waals surface area contributed by atoms with Crippen molar-refractivity contribution in [2.75, 3.05) is 23.3 Å². The second-order valence-corrected chi connectivity index (χ2v) is 8.79. The molecule has 1 saturated heterocycles. The third-order valence-electron chi connectivity index (χ3n) is 5.00. The average molecular weight is 442 g/mol. The number of anilines is 2. The molecule has 1 fully saturated rings. The minimum Gasteiger partial charge on any atom is -0.486 e. The average Bonchev–Trinajstić information content (AvgIpc) is 3.40. The number of thiazole rings is 1. The van der Waals surface area contributed by atoms with Gasteiger partial charge in [-0.15, -0.1) is 11.3 Å². The molecule has 0 aliphatic carbocycles. The van der Waals surface area contributed by atoms with Gasteiger partial charge >= 0.3 is 0 Å². The summed E-state index contributed by atoms with van der Waals surface area (Å²) in [6.07, 6.45) is 2.55. The van der Waals surface area contributed by atoms with Crippen molar-refractivity contribution in [3.05, 3.63) is 69.1 Å². The highest BCUT2D eigenvalue weighted by Gasteiger charge is 2.18. The van der Waals surface area contributed by atoms with Crippen LogP contribution in [0.15, 0.2) is 47.8 Å². The quantitative estimate of drug-likeness (QED) is 0.528. The van der Waals surface area contributed by atoms with Crippen LogP contribution in [0.1, 0.15) is 29.1 Å². The maximum atomic E-state index is 12.6. The molecule has 0 saturated carbocycles. The third kappa shape index (κ3) is 5.32. The first-order valence-corrected chi connectivity index (χ1v) is 11.3. The van der Waals surface area contributed by atoms with Gasteiger partial charge in [-0.25, -0.2) is 4.98 Å². The van der Waals surface area contributed by atoms with Gasteiger partial charge in [-0.05, 0) is 50.1 Å². The molecule has 2 aromatic carbocycles. The molecular weight excluding hydrogens is 418 g/mol. The van der Waals surface area contributed by atoms with E-state index in [9.17, 15) is 4.79 Å². The Labute approximate surface area is 185 Å². The van der Waals surface area contributed by atoms with Gasteiger partial charge in [-0.2, -0.15) is 0 Å². The Morgan fingerprint density at radius 1 is 1.20 bits per heavy atom. The van der Waals surface area contributed by atoms with Gasteiger partial charge < -0.3 is 15.0 Å². The topological polar surface area (TPSA) is 54.5 Å². The van der Waals surface area contributed by atoms with E-state index in [1.807, 2.05) is 54.8 Å². The molecule has 5 nitrogen and oxygen atoms in total. The number of aromatic nitrogens is 1. The fourth-order valence-electron chi connectivity index (χ4n) is 3.48. The number of nitrogens with zero attached hydrogens (tertiary/aromatic N) is 2. The molecule has 2 heterocycles. The summed E-state index contributed by atoms with van der Waals surface area (Å²) in [5.74, 6) is 0.708. The van der Waals surface area contributed by atoms with E-state index in [2.05, 4.69) is 15.2 Å². The van der Waals surface area contributed by atoms with Crippen LogP contribution in [0.3, 0.4) is 0 Å². The van der Waals surface area contributed by atoms with E-state index in [0.29, 0.717) is 11.6 Å². The van der Waals surface area contributed by atoms with Crippen LogP contribution in [0.5, 0.6) is 5.75 Å². The zero-order valence-corrected chi connectivity index (χ0v) is 18.4. The summed E-state index contributed by atoms with van der Waals surface area (Å²) < 4.78 is 5.77. The molecule has 1 aromatic heterocycles. The van der Waals surface area contributed by atoms with Crippen LogP contribution in [0, 0.1) is 6.92 Å². The van der Waals surface area contributed by atoms with Crippen LogP contribution in [0.25, 0.3) is 0 Å². The molecule has 0 spiro atoms. The molecule has 30 heavy (non-hydrogen) atoms. The fourth-order valence-corrected chi connectivity index (χ4v) is 4.35. The summed E-state index contributed by atoms with van der Waals surface area (Å²) in [4.78, 5) is 19.5. The molecule has 1 N–H and O–H groups in total. The summed E-state index contributed by atoms with van der Waals surface area (Å²) >= 11 is 7.67. The van der Waals surface area contributed by atoms with Gasteiger partial charge in [-0.1, -0.05) is 29.3 Å². The molecule has 1 amide bonds. The summed E-state index contributed by atoms with van der Waals surface area (Å²) in [5.41, 5.74) is 3.71. The van der Waals surface area contributed by atoms with Gasteiger partial charge in [0, 0.05) is 23.5 Å². The largest absolute Gasteiger partial charge is 0.486 e. The number of halogens is 1. The van der Waals surface area contributed by atoms with Crippen LogP contribution in [0.4, 0.5) is 11.4 Å². The lowest BCUT2D eigenvalue weighted by Gasteiger charge is -2.21. The number of rotatable bonds is 7. The molecule has 156 valence electrons. The van der Waals surface area contributed by atoms with Crippen molar-refractivity contribution in [3.8, 4) is 5.75 Å². The van der Waals surface area contributed by atoms with E-state index >= 15 is 0 Å². The Hall–Kier alpha value is -2.57. The van der Waals surface area contributed by atoms with E-state index < -0.39 is 0 Å². The molecule has 0 atom stereocenters. The Kier molecular flexibility index (Phi) is 6.55.